The Labute approximate surface area is 101 Å². The van der Waals surface area contributed by atoms with E-state index in [-0.39, 0.29) is 5.12 Å². The standard InChI is InChI=1S/C13H17NOS/c1-11(15)16-10-6-8-12-7-4-5-9-13(12)14(2)3/h4-9H,10H2,1-3H3. The lowest BCUT2D eigenvalue weighted by atomic mass is 10.1. The second-order valence-electron chi connectivity index (χ2n) is 3.66. The van der Waals surface area contributed by atoms with E-state index in [4.69, 9.17) is 0 Å². The van der Waals surface area contributed by atoms with Crippen LogP contribution in [0.5, 0.6) is 0 Å². The van der Waals surface area contributed by atoms with E-state index in [1.807, 2.05) is 32.3 Å². The maximum Gasteiger partial charge on any atom is 0.186 e. The minimum Gasteiger partial charge on any atom is -0.377 e. The maximum absolute atomic E-state index is 10.8. The highest BCUT2D eigenvalue weighted by Gasteiger charge is 1.99. The molecule has 0 amide bonds. The molecule has 0 aliphatic rings. The first-order valence-electron chi connectivity index (χ1n) is 5.17. The lowest BCUT2D eigenvalue weighted by Gasteiger charge is -2.15. The summed E-state index contributed by atoms with van der Waals surface area (Å²) in [6.07, 6.45) is 4.08. The van der Waals surface area contributed by atoms with Crippen molar-refractivity contribution < 1.29 is 4.79 Å². The molecular weight excluding hydrogens is 218 g/mol. The van der Waals surface area contributed by atoms with Gasteiger partial charge in [-0.2, -0.15) is 0 Å². The number of para-hydroxylation sites is 1. The average molecular weight is 235 g/mol. The van der Waals surface area contributed by atoms with Crippen molar-refractivity contribution in [1.82, 2.24) is 0 Å². The number of carbonyl (C=O) groups is 1. The topological polar surface area (TPSA) is 20.3 Å². The summed E-state index contributed by atoms with van der Waals surface area (Å²) in [5, 5.41) is 0.158. The van der Waals surface area contributed by atoms with E-state index in [0.717, 1.165) is 5.75 Å². The summed E-state index contributed by atoms with van der Waals surface area (Å²) in [6, 6.07) is 8.20. The number of hydrogen-bond acceptors (Lipinski definition) is 3. The summed E-state index contributed by atoms with van der Waals surface area (Å²) in [5.74, 6) is 0.733. The van der Waals surface area contributed by atoms with Crippen molar-refractivity contribution in [2.45, 2.75) is 6.92 Å². The Balaban J connectivity index is 2.69. The summed E-state index contributed by atoms with van der Waals surface area (Å²) < 4.78 is 0. The molecule has 0 aliphatic carbocycles. The Morgan fingerprint density at radius 3 is 2.69 bits per heavy atom. The van der Waals surface area contributed by atoms with Gasteiger partial charge >= 0.3 is 0 Å². The third-order valence-electron chi connectivity index (χ3n) is 2.10. The Morgan fingerprint density at radius 2 is 2.06 bits per heavy atom. The van der Waals surface area contributed by atoms with Crippen molar-refractivity contribution in [3.8, 4) is 0 Å². The first kappa shape index (κ1) is 12.8. The zero-order valence-corrected chi connectivity index (χ0v) is 10.8. The second-order valence-corrected chi connectivity index (χ2v) is 4.86. The molecule has 0 unspecified atom stereocenters. The van der Waals surface area contributed by atoms with Gasteiger partial charge in [0.2, 0.25) is 0 Å². The van der Waals surface area contributed by atoms with Gasteiger partial charge in [-0.3, -0.25) is 4.79 Å². The van der Waals surface area contributed by atoms with E-state index in [1.165, 1.54) is 23.0 Å². The Kier molecular flexibility index (Phi) is 5.12. The van der Waals surface area contributed by atoms with Crippen LogP contribution >= 0.6 is 11.8 Å². The van der Waals surface area contributed by atoms with Crippen molar-refractivity contribution in [1.29, 1.82) is 0 Å². The zero-order chi connectivity index (χ0) is 12.0. The van der Waals surface area contributed by atoms with Gasteiger partial charge in [0.05, 0.1) is 0 Å². The Morgan fingerprint density at radius 1 is 1.38 bits per heavy atom. The number of nitrogens with zero attached hydrogens (tertiary/aromatic N) is 1. The molecule has 16 heavy (non-hydrogen) atoms. The molecule has 3 heteroatoms. The first-order chi connectivity index (χ1) is 7.61. The fraction of sp³-hybridized carbons (Fsp3) is 0.308. The number of rotatable bonds is 4. The van der Waals surface area contributed by atoms with Crippen LogP contribution < -0.4 is 4.90 Å². The van der Waals surface area contributed by atoms with E-state index < -0.39 is 0 Å². The average Bonchev–Trinajstić information content (AvgIpc) is 2.24. The SMILES string of the molecule is CC(=O)SCC=Cc1ccccc1N(C)C. The molecule has 0 heterocycles. The second kappa shape index (κ2) is 6.38. The molecule has 0 spiro atoms. The van der Waals surface area contributed by atoms with Crippen LogP contribution in [-0.2, 0) is 4.79 Å². The molecule has 1 rings (SSSR count). The van der Waals surface area contributed by atoms with Crippen LogP contribution in [0.4, 0.5) is 5.69 Å². The molecule has 2 nitrogen and oxygen atoms in total. The molecule has 0 fully saturated rings. The molecule has 0 N–H and O–H groups in total. The van der Waals surface area contributed by atoms with Crippen molar-refractivity contribution in [2.75, 3.05) is 24.7 Å². The van der Waals surface area contributed by atoms with Gasteiger partial charge < -0.3 is 4.90 Å². The third-order valence-corrected chi connectivity index (χ3v) is 2.86. The van der Waals surface area contributed by atoms with Gasteiger partial charge in [0.25, 0.3) is 0 Å². The van der Waals surface area contributed by atoms with Gasteiger partial charge in [-0.05, 0) is 11.6 Å². The van der Waals surface area contributed by atoms with Crippen LogP contribution in [0.15, 0.2) is 30.3 Å². The van der Waals surface area contributed by atoms with Crippen LogP contribution in [0.1, 0.15) is 12.5 Å². The largest absolute Gasteiger partial charge is 0.377 e. The first-order valence-corrected chi connectivity index (χ1v) is 6.16. The van der Waals surface area contributed by atoms with Gasteiger partial charge in [0.15, 0.2) is 5.12 Å². The summed E-state index contributed by atoms with van der Waals surface area (Å²) in [4.78, 5) is 12.8. The van der Waals surface area contributed by atoms with E-state index in [9.17, 15) is 4.79 Å². The van der Waals surface area contributed by atoms with E-state index in [1.54, 1.807) is 6.92 Å². The molecule has 0 atom stereocenters. The van der Waals surface area contributed by atoms with Gasteiger partial charge in [-0.1, -0.05) is 42.1 Å². The molecule has 1 aromatic rings. The minimum atomic E-state index is 0.158. The quantitative estimate of drug-likeness (QED) is 0.800. The number of anilines is 1. The van der Waals surface area contributed by atoms with Gasteiger partial charge in [0.1, 0.15) is 0 Å². The molecule has 1 aromatic carbocycles. The van der Waals surface area contributed by atoms with Crippen LogP contribution in [0.25, 0.3) is 6.08 Å². The molecule has 0 aromatic heterocycles. The van der Waals surface area contributed by atoms with Crippen LogP contribution in [0.2, 0.25) is 0 Å². The lowest BCUT2D eigenvalue weighted by molar-refractivity contribution is -0.109. The van der Waals surface area contributed by atoms with Crippen molar-refractivity contribution in [3.63, 3.8) is 0 Å². The monoisotopic (exact) mass is 235 g/mol. The Bertz CT molecular complexity index is 385. The van der Waals surface area contributed by atoms with E-state index in [2.05, 4.69) is 23.1 Å². The molecule has 0 aliphatic heterocycles. The van der Waals surface area contributed by atoms with Crippen molar-refractivity contribution in [2.24, 2.45) is 0 Å². The molecule has 0 saturated heterocycles. The lowest BCUT2D eigenvalue weighted by Crippen LogP contribution is -2.09. The molecular formula is C13H17NOS. The number of carbonyl (C=O) groups excluding carboxylic acids is 1. The molecule has 0 bridgehead atoms. The van der Waals surface area contributed by atoms with Crippen LogP contribution in [-0.4, -0.2) is 25.0 Å². The molecule has 0 saturated carbocycles. The van der Waals surface area contributed by atoms with Crippen molar-refractivity contribution >= 4 is 28.6 Å². The number of hydrogen-bond donors (Lipinski definition) is 0. The van der Waals surface area contributed by atoms with E-state index in [0.29, 0.717) is 0 Å². The molecule has 86 valence electrons. The fourth-order valence-electron chi connectivity index (χ4n) is 1.38. The van der Waals surface area contributed by atoms with Gasteiger partial charge in [-0.25, -0.2) is 0 Å². The number of thioether (sulfide) groups is 1. The highest BCUT2D eigenvalue weighted by molar-refractivity contribution is 8.13. The van der Waals surface area contributed by atoms with Gasteiger partial charge in [-0.15, -0.1) is 0 Å². The van der Waals surface area contributed by atoms with Crippen LogP contribution in [0.3, 0.4) is 0 Å². The van der Waals surface area contributed by atoms with Crippen molar-refractivity contribution in [3.05, 3.63) is 35.9 Å². The summed E-state index contributed by atoms with van der Waals surface area (Å²) in [5.41, 5.74) is 2.36. The highest BCUT2D eigenvalue weighted by atomic mass is 32.2. The number of benzene rings is 1. The summed E-state index contributed by atoms with van der Waals surface area (Å²) in [7, 11) is 4.05. The Hall–Kier alpha value is -1.22. The van der Waals surface area contributed by atoms with Gasteiger partial charge in [0, 0.05) is 32.5 Å². The van der Waals surface area contributed by atoms with E-state index >= 15 is 0 Å². The fourth-order valence-corrected chi connectivity index (χ4v) is 1.80. The smallest absolute Gasteiger partial charge is 0.186 e. The van der Waals surface area contributed by atoms with Crippen LogP contribution in [0, 0.1) is 0 Å². The zero-order valence-electron chi connectivity index (χ0n) is 9.93. The third kappa shape index (κ3) is 4.11. The maximum atomic E-state index is 10.8. The predicted molar refractivity (Wildman–Crippen MR) is 72.9 cm³/mol. The summed E-state index contributed by atoms with van der Waals surface area (Å²) >= 11 is 1.33. The minimum absolute atomic E-state index is 0.158. The highest BCUT2D eigenvalue weighted by Crippen LogP contribution is 2.19. The normalized spacial score (nSPS) is 10.7. The molecule has 0 radical (unpaired) electrons. The predicted octanol–water partition coefficient (Wildman–Crippen LogP) is 3.05. The summed E-state index contributed by atoms with van der Waals surface area (Å²) in [6.45, 7) is 1.59.